The third-order valence-corrected chi connectivity index (χ3v) is 10.1. The van der Waals surface area contributed by atoms with Crippen molar-refractivity contribution in [2.24, 2.45) is 11.8 Å². The molecule has 5 nitrogen and oxygen atoms in total. The Morgan fingerprint density at radius 3 is 2.63 bits per heavy atom. The predicted molar refractivity (Wildman–Crippen MR) is 140 cm³/mol. The van der Waals surface area contributed by atoms with E-state index in [0.29, 0.717) is 23.9 Å². The van der Waals surface area contributed by atoms with E-state index in [-0.39, 0.29) is 17.9 Å². The number of fused-ring (bicyclic) bond motifs is 4. The fraction of sp³-hybridized carbons (Fsp3) is 0.379. The number of ether oxygens (including phenoxy) is 1. The third kappa shape index (κ3) is 3.74. The number of rotatable bonds is 4. The Labute approximate surface area is 207 Å². The van der Waals surface area contributed by atoms with E-state index in [2.05, 4.69) is 60.8 Å². The molecule has 3 atom stereocenters. The lowest BCUT2D eigenvalue weighted by Gasteiger charge is -2.39. The Bertz CT molecular complexity index is 1410. The van der Waals surface area contributed by atoms with Gasteiger partial charge in [0, 0.05) is 30.3 Å². The van der Waals surface area contributed by atoms with Crippen molar-refractivity contribution in [3.63, 3.8) is 0 Å². The molecule has 1 saturated heterocycles. The maximum absolute atomic E-state index is 13.5. The first-order valence-electron chi connectivity index (χ1n) is 12.6. The quantitative estimate of drug-likeness (QED) is 0.451. The first kappa shape index (κ1) is 22.6. The summed E-state index contributed by atoms with van der Waals surface area (Å²) in [6, 6.07) is 18.3. The Morgan fingerprint density at radius 1 is 1.03 bits per heavy atom. The third-order valence-electron chi connectivity index (χ3n) is 8.18. The highest BCUT2D eigenvalue weighted by Gasteiger charge is 2.40. The van der Waals surface area contributed by atoms with Gasteiger partial charge in [-0.25, -0.2) is 8.42 Å². The molecule has 0 radical (unpaired) electrons. The van der Waals surface area contributed by atoms with Gasteiger partial charge in [0.2, 0.25) is 10.0 Å². The second-order valence-electron chi connectivity index (χ2n) is 10.2. The van der Waals surface area contributed by atoms with Crippen molar-refractivity contribution in [3.8, 4) is 5.75 Å². The fourth-order valence-electron chi connectivity index (χ4n) is 6.17. The summed E-state index contributed by atoms with van der Waals surface area (Å²) in [7, 11) is -1.76. The molecule has 3 aromatic carbocycles. The maximum atomic E-state index is 13.5. The van der Waals surface area contributed by atoms with E-state index < -0.39 is 10.0 Å². The van der Waals surface area contributed by atoms with E-state index in [1.54, 1.807) is 17.5 Å². The average Bonchev–Trinajstić information content (AvgIpc) is 3.38. The van der Waals surface area contributed by atoms with Crippen LogP contribution in [0.1, 0.15) is 49.3 Å². The first-order valence-corrected chi connectivity index (χ1v) is 14.0. The number of piperidine rings is 1. The van der Waals surface area contributed by atoms with E-state index >= 15 is 0 Å². The van der Waals surface area contributed by atoms with Gasteiger partial charge in [0.25, 0.3) is 0 Å². The summed E-state index contributed by atoms with van der Waals surface area (Å²) in [6.07, 6.45) is 7.29. The summed E-state index contributed by atoms with van der Waals surface area (Å²) >= 11 is 0. The highest BCUT2D eigenvalue weighted by molar-refractivity contribution is 7.89. The van der Waals surface area contributed by atoms with Crippen LogP contribution in [0.3, 0.4) is 0 Å². The van der Waals surface area contributed by atoms with Crippen molar-refractivity contribution < 1.29 is 13.2 Å². The van der Waals surface area contributed by atoms with Crippen LogP contribution < -0.4 is 10.1 Å². The number of nitrogens with zero attached hydrogens (tertiary/aromatic N) is 1. The monoisotopic (exact) mass is 488 g/mol. The van der Waals surface area contributed by atoms with Crippen LogP contribution >= 0.6 is 0 Å². The van der Waals surface area contributed by atoms with Gasteiger partial charge in [0.15, 0.2) is 0 Å². The summed E-state index contributed by atoms with van der Waals surface area (Å²) in [5.74, 6) is 1.92. The molecule has 0 aromatic heterocycles. The molecule has 0 saturated carbocycles. The summed E-state index contributed by atoms with van der Waals surface area (Å²) in [5, 5.41) is 6.17. The topological polar surface area (TPSA) is 58.6 Å². The molecule has 2 aliphatic heterocycles. The predicted octanol–water partition coefficient (Wildman–Crippen LogP) is 6.10. The molecule has 2 heterocycles. The molecule has 6 rings (SSSR count). The molecule has 0 spiro atoms. The number of allylic oxidation sites excluding steroid dienone is 2. The van der Waals surface area contributed by atoms with Crippen LogP contribution in [0.2, 0.25) is 0 Å². The van der Waals surface area contributed by atoms with Crippen LogP contribution in [0, 0.1) is 11.8 Å². The zero-order chi connectivity index (χ0) is 24.2. The summed E-state index contributed by atoms with van der Waals surface area (Å²) in [5.41, 5.74) is 3.25. The molecule has 6 heteroatoms. The highest BCUT2D eigenvalue weighted by Crippen LogP contribution is 2.52. The number of hydrogen-bond donors (Lipinski definition) is 1. The van der Waals surface area contributed by atoms with Crippen LogP contribution in [0.25, 0.3) is 10.8 Å². The van der Waals surface area contributed by atoms with Crippen molar-refractivity contribution in [1.29, 1.82) is 0 Å². The van der Waals surface area contributed by atoms with E-state index in [1.807, 2.05) is 12.1 Å². The van der Waals surface area contributed by atoms with Crippen LogP contribution in [0.4, 0.5) is 5.69 Å². The molecule has 3 aliphatic rings. The Kier molecular flexibility index (Phi) is 5.61. The lowest BCUT2D eigenvalue weighted by Crippen LogP contribution is -2.38. The van der Waals surface area contributed by atoms with Crippen LogP contribution in [-0.4, -0.2) is 32.9 Å². The van der Waals surface area contributed by atoms with Gasteiger partial charge in [-0.1, -0.05) is 49.4 Å². The summed E-state index contributed by atoms with van der Waals surface area (Å²) in [6.45, 7) is 3.41. The van der Waals surface area contributed by atoms with E-state index in [1.165, 1.54) is 16.3 Å². The van der Waals surface area contributed by atoms with Crippen molar-refractivity contribution in [3.05, 3.63) is 77.9 Å². The number of hydrogen-bond acceptors (Lipinski definition) is 4. The van der Waals surface area contributed by atoms with Gasteiger partial charge < -0.3 is 10.1 Å². The molecule has 3 aromatic rings. The molecule has 1 aliphatic carbocycles. The number of benzene rings is 3. The van der Waals surface area contributed by atoms with E-state index in [4.69, 9.17) is 4.74 Å². The normalized spacial score (nSPS) is 24.7. The molecule has 0 amide bonds. The molecule has 3 unspecified atom stereocenters. The van der Waals surface area contributed by atoms with Gasteiger partial charge in [0.1, 0.15) is 5.75 Å². The van der Waals surface area contributed by atoms with Crippen LogP contribution in [0.5, 0.6) is 5.75 Å². The SMILES string of the molecule is COc1ccc2ccccc2c1C1Nc2ccc(S(=O)(=O)N3CCC(C)CC3)cc2C2C=CCC21. The molecule has 1 fully saturated rings. The van der Waals surface area contributed by atoms with Gasteiger partial charge in [-0.05, 0) is 71.7 Å². The number of anilines is 1. The summed E-state index contributed by atoms with van der Waals surface area (Å²) in [4.78, 5) is 0.410. The standard InChI is InChI=1S/C29H32N2O3S/c1-19-14-16-31(17-15-19)35(32,33)21-11-12-26-25(18-21)23-8-5-9-24(23)29(30-26)28-22-7-4-3-6-20(22)10-13-27(28)34-2/h3-8,10-13,18-19,23-24,29-30H,9,14-17H2,1-2H3. The maximum Gasteiger partial charge on any atom is 0.243 e. The van der Waals surface area contributed by atoms with Crippen LogP contribution in [0.15, 0.2) is 71.6 Å². The lowest BCUT2D eigenvalue weighted by molar-refractivity contribution is 0.288. The van der Waals surface area contributed by atoms with E-state index in [9.17, 15) is 8.42 Å². The van der Waals surface area contributed by atoms with Crippen molar-refractivity contribution in [2.75, 3.05) is 25.5 Å². The lowest BCUT2D eigenvalue weighted by atomic mass is 9.76. The van der Waals surface area contributed by atoms with Crippen LogP contribution in [-0.2, 0) is 10.0 Å². The summed E-state index contributed by atoms with van der Waals surface area (Å²) < 4.78 is 34.4. The van der Waals surface area contributed by atoms with Crippen molar-refractivity contribution in [2.45, 2.75) is 43.0 Å². The van der Waals surface area contributed by atoms with Gasteiger partial charge >= 0.3 is 0 Å². The average molecular weight is 489 g/mol. The largest absolute Gasteiger partial charge is 0.496 e. The van der Waals surface area contributed by atoms with Crippen molar-refractivity contribution >= 4 is 26.5 Å². The molecule has 35 heavy (non-hydrogen) atoms. The first-order chi connectivity index (χ1) is 17.0. The molecule has 182 valence electrons. The number of methoxy groups -OCH3 is 1. The van der Waals surface area contributed by atoms with E-state index in [0.717, 1.165) is 36.3 Å². The minimum atomic E-state index is -3.49. The van der Waals surface area contributed by atoms with Gasteiger partial charge in [-0.15, -0.1) is 0 Å². The smallest absolute Gasteiger partial charge is 0.243 e. The second-order valence-corrected chi connectivity index (χ2v) is 12.2. The fourth-order valence-corrected chi connectivity index (χ4v) is 7.67. The zero-order valence-electron chi connectivity index (χ0n) is 20.3. The zero-order valence-corrected chi connectivity index (χ0v) is 21.1. The Hall–Kier alpha value is -2.83. The molecule has 1 N–H and O–H groups in total. The second kappa shape index (κ2) is 8.68. The van der Waals surface area contributed by atoms with Gasteiger partial charge in [-0.3, -0.25) is 0 Å². The minimum Gasteiger partial charge on any atom is -0.496 e. The molecular weight excluding hydrogens is 456 g/mol. The number of nitrogens with one attached hydrogen (secondary N) is 1. The van der Waals surface area contributed by atoms with Crippen molar-refractivity contribution in [1.82, 2.24) is 4.31 Å². The Balaban J connectivity index is 1.41. The molecular formula is C29H32N2O3S. The molecule has 0 bridgehead atoms. The van der Waals surface area contributed by atoms with Gasteiger partial charge in [-0.2, -0.15) is 4.31 Å². The minimum absolute atomic E-state index is 0.0644. The van der Waals surface area contributed by atoms with Gasteiger partial charge in [0.05, 0.1) is 18.0 Å². The number of sulfonamides is 1. The highest BCUT2D eigenvalue weighted by atomic mass is 32.2. The Morgan fingerprint density at radius 2 is 1.83 bits per heavy atom.